The van der Waals surface area contributed by atoms with Gasteiger partial charge in [0.15, 0.2) is 11.6 Å². The molecule has 0 aliphatic carbocycles. The Bertz CT molecular complexity index is 1020. The van der Waals surface area contributed by atoms with E-state index in [1.807, 2.05) is 17.0 Å². The lowest BCUT2D eigenvalue weighted by molar-refractivity contribution is 0.248. The summed E-state index contributed by atoms with van der Waals surface area (Å²) in [7, 11) is 1.80. The Labute approximate surface area is 166 Å². The van der Waals surface area contributed by atoms with Gasteiger partial charge in [-0.3, -0.25) is 9.58 Å². The van der Waals surface area contributed by atoms with E-state index in [0.29, 0.717) is 43.4 Å². The molecule has 5 heterocycles. The Balaban J connectivity index is 0.00000192. The molecule has 3 aromatic rings. The van der Waals surface area contributed by atoms with Gasteiger partial charge in [-0.2, -0.15) is 9.78 Å². The number of aryl methyl sites for hydroxylation is 1. The second kappa shape index (κ2) is 6.86. The molecule has 2 aliphatic heterocycles. The molecule has 0 bridgehead atoms. The summed E-state index contributed by atoms with van der Waals surface area (Å²) in [5.41, 5.74) is 1.43. The largest absolute Gasteiger partial charge is 0.354 e. The lowest BCUT2D eigenvalue weighted by Gasteiger charge is -2.15. The van der Waals surface area contributed by atoms with Crippen LogP contribution in [-0.2, 0) is 13.6 Å². The Morgan fingerprint density at radius 2 is 2.11 bits per heavy atom. The minimum Gasteiger partial charge on any atom is -0.354 e. The number of alkyl halides is 1. The predicted octanol–water partition coefficient (Wildman–Crippen LogP) is 2.03. The van der Waals surface area contributed by atoms with Crippen LogP contribution in [0.2, 0.25) is 0 Å². The number of halogens is 2. The summed E-state index contributed by atoms with van der Waals surface area (Å²) >= 11 is 0. The van der Waals surface area contributed by atoms with Crippen molar-refractivity contribution in [3.05, 3.63) is 36.5 Å². The minimum atomic E-state index is -0.793. The summed E-state index contributed by atoms with van der Waals surface area (Å²) in [6.07, 6.45) is 4.81. The molecule has 28 heavy (non-hydrogen) atoms. The number of nitrogens with zero attached hydrogens (tertiary/aromatic N) is 8. The maximum atomic E-state index is 13.4. The molecule has 0 spiro atoms. The van der Waals surface area contributed by atoms with E-state index in [-0.39, 0.29) is 18.4 Å². The zero-order chi connectivity index (χ0) is 18.5. The van der Waals surface area contributed by atoms with Crippen LogP contribution in [0.4, 0.5) is 20.7 Å². The van der Waals surface area contributed by atoms with E-state index < -0.39 is 6.17 Å². The van der Waals surface area contributed by atoms with Gasteiger partial charge in [-0.05, 0) is 18.6 Å². The summed E-state index contributed by atoms with van der Waals surface area (Å²) < 4.78 is 16.3. The number of carbonyl (C=O) groups excluding carboxylic acids is 1. The quantitative estimate of drug-likeness (QED) is 0.664. The van der Waals surface area contributed by atoms with Gasteiger partial charge in [-0.1, -0.05) is 0 Å². The van der Waals surface area contributed by atoms with E-state index in [0.717, 1.165) is 11.4 Å². The van der Waals surface area contributed by atoms with E-state index in [1.165, 1.54) is 4.68 Å². The lowest BCUT2D eigenvalue weighted by atomic mass is 10.2. The van der Waals surface area contributed by atoms with E-state index in [2.05, 4.69) is 20.2 Å². The number of rotatable bonds is 3. The Morgan fingerprint density at radius 3 is 2.71 bits per heavy atom. The van der Waals surface area contributed by atoms with Crippen LogP contribution >= 0.6 is 12.4 Å². The van der Waals surface area contributed by atoms with Crippen LogP contribution in [0.25, 0.3) is 11.4 Å². The number of carbonyl (C=O) groups is 1. The highest BCUT2D eigenvalue weighted by molar-refractivity contribution is 5.95. The topological polar surface area (TPSA) is 85.0 Å². The second-order valence-electron chi connectivity index (χ2n) is 6.74. The average molecular weight is 405 g/mol. The van der Waals surface area contributed by atoms with Crippen LogP contribution < -0.4 is 9.80 Å². The zero-order valence-corrected chi connectivity index (χ0v) is 15.9. The van der Waals surface area contributed by atoms with Crippen LogP contribution in [0.3, 0.4) is 0 Å². The maximum absolute atomic E-state index is 13.4. The molecule has 3 aromatic heterocycles. The van der Waals surface area contributed by atoms with E-state index in [9.17, 15) is 9.18 Å². The standard InChI is InChI=1S/C17H17FN8O.ClH/c1-23-9-13(7-20-23)25-10-15-21-16(22-26(15)17(25)27)11-2-3-14(19-6-11)24-5-4-12(18)8-24;/h2-3,6-7,9,12H,4-5,8,10H2,1H3;1H/t12-;/m0./s1. The molecule has 0 unspecified atom stereocenters. The fourth-order valence-corrected chi connectivity index (χ4v) is 3.43. The van der Waals surface area contributed by atoms with E-state index in [4.69, 9.17) is 0 Å². The monoisotopic (exact) mass is 404 g/mol. The highest BCUT2D eigenvalue weighted by Crippen LogP contribution is 2.26. The molecule has 1 amide bonds. The van der Waals surface area contributed by atoms with Crippen molar-refractivity contribution >= 4 is 29.9 Å². The molecule has 9 nitrogen and oxygen atoms in total. The molecule has 0 radical (unpaired) electrons. The first-order chi connectivity index (χ1) is 13.1. The summed E-state index contributed by atoms with van der Waals surface area (Å²) in [6.45, 7) is 1.39. The first-order valence-electron chi connectivity index (χ1n) is 8.70. The van der Waals surface area contributed by atoms with Gasteiger partial charge >= 0.3 is 6.03 Å². The third-order valence-corrected chi connectivity index (χ3v) is 4.85. The van der Waals surface area contributed by atoms with Crippen LogP contribution in [0.5, 0.6) is 0 Å². The molecule has 11 heteroatoms. The lowest BCUT2D eigenvalue weighted by Crippen LogP contribution is -2.26. The normalized spacial score (nSPS) is 18.5. The van der Waals surface area contributed by atoms with Crippen LogP contribution in [0.1, 0.15) is 12.2 Å². The smallest absolute Gasteiger partial charge is 0.351 e. The van der Waals surface area contributed by atoms with Gasteiger partial charge in [0, 0.05) is 31.5 Å². The highest BCUT2D eigenvalue weighted by Gasteiger charge is 2.32. The summed E-state index contributed by atoms with van der Waals surface area (Å²) in [4.78, 5) is 25.0. The van der Waals surface area contributed by atoms with E-state index in [1.54, 1.807) is 35.2 Å². The Hall–Kier alpha value is -3.01. The molecule has 0 N–H and O–H groups in total. The van der Waals surface area contributed by atoms with Gasteiger partial charge in [0.25, 0.3) is 0 Å². The van der Waals surface area contributed by atoms with Gasteiger partial charge in [0.2, 0.25) is 0 Å². The van der Waals surface area contributed by atoms with Gasteiger partial charge in [-0.25, -0.2) is 19.2 Å². The van der Waals surface area contributed by atoms with Crippen molar-refractivity contribution in [1.29, 1.82) is 0 Å². The first-order valence-corrected chi connectivity index (χ1v) is 8.70. The molecule has 146 valence electrons. The van der Waals surface area contributed by atoms with Gasteiger partial charge in [-0.15, -0.1) is 17.5 Å². The SMILES string of the molecule is Cl.Cn1cc(N2Cc3nc(-c4ccc(N5CC[C@H](F)C5)nc4)nn3C2=O)cn1. The fourth-order valence-electron chi connectivity index (χ4n) is 3.43. The number of anilines is 2. The number of hydrogen-bond acceptors (Lipinski definition) is 6. The van der Waals surface area contributed by atoms with Crippen molar-refractivity contribution < 1.29 is 9.18 Å². The third kappa shape index (κ3) is 2.99. The fraction of sp³-hybridized carbons (Fsp3) is 0.353. The predicted molar refractivity (Wildman–Crippen MR) is 102 cm³/mol. The van der Waals surface area contributed by atoms with Gasteiger partial charge in [0.1, 0.15) is 12.0 Å². The van der Waals surface area contributed by atoms with Gasteiger partial charge in [0.05, 0.1) is 25.0 Å². The molecule has 0 aromatic carbocycles. The number of hydrogen-bond donors (Lipinski definition) is 0. The van der Waals surface area contributed by atoms with Crippen molar-refractivity contribution in [3.8, 4) is 11.4 Å². The highest BCUT2D eigenvalue weighted by atomic mass is 35.5. The van der Waals surface area contributed by atoms with Crippen LogP contribution in [0.15, 0.2) is 30.7 Å². The molecule has 2 aliphatic rings. The molecule has 0 saturated carbocycles. The maximum Gasteiger partial charge on any atom is 0.351 e. The third-order valence-electron chi connectivity index (χ3n) is 4.85. The number of aromatic nitrogens is 6. The Morgan fingerprint density at radius 1 is 1.25 bits per heavy atom. The van der Waals surface area contributed by atoms with Crippen molar-refractivity contribution in [2.24, 2.45) is 7.05 Å². The molecule has 5 rings (SSSR count). The van der Waals surface area contributed by atoms with Crippen molar-refractivity contribution in [2.75, 3.05) is 22.9 Å². The second-order valence-corrected chi connectivity index (χ2v) is 6.74. The summed E-state index contributed by atoms with van der Waals surface area (Å²) in [5.74, 6) is 1.76. The van der Waals surface area contributed by atoms with Crippen LogP contribution in [-0.4, -0.2) is 54.8 Å². The average Bonchev–Trinajstić information content (AvgIpc) is 3.42. The number of amides is 1. The van der Waals surface area contributed by atoms with Crippen LogP contribution in [0, 0.1) is 0 Å². The molecular weight excluding hydrogens is 387 g/mol. The minimum absolute atomic E-state index is 0. The summed E-state index contributed by atoms with van der Waals surface area (Å²) in [6, 6.07) is 3.43. The number of pyridine rings is 1. The Kier molecular flexibility index (Phi) is 4.50. The molecular formula is C17H18ClFN8O. The zero-order valence-electron chi connectivity index (χ0n) is 15.1. The summed E-state index contributed by atoms with van der Waals surface area (Å²) in [5, 5.41) is 8.43. The first kappa shape index (κ1) is 18.4. The van der Waals surface area contributed by atoms with Crippen molar-refractivity contribution in [3.63, 3.8) is 0 Å². The van der Waals surface area contributed by atoms with E-state index >= 15 is 0 Å². The van der Waals surface area contributed by atoms with Crippen molar-refractivity contribution in [2.45, 2.75) is 19.1 Å². The number of fused-ring (bicyclic) bond motifs is 1. The molecule has 1 atom stereocenters. The molecule has 1 fully saturated rings. The van der Waals surface area contributed by atoms with Crippen molar-refractivity contribution in [1.82, 2.24) is 29.5 Å². The van der Waals surface area contributed by atoms with Gasteiger partial charge < -0.3 is 4.90 Å². The molecule has 1 saturated heterocycles.